The van der Waals surface area contributed by atoms with E-state index in [1.807, 2.05) is 0 Å². The summed E-state index contributed by atoms with van der Waals surface area (Å²) in [7, 11) is -4.93. The lowest BCUT2D eigenvalue weighted by Crippen LogP contribution is -2.65. The number of rotatable bonds is 5. The summed E-state index contributed by atoms with van der Waals surface area (Å²) < 4.78 is 34.4. The predicted molar refractivity (Wildman–Crippen MR) is 78.4 cm³/mol. The van der Waals surface area contributed by atoms with Gasteiger partial charge in [0.1, 0.15) is 24.5 Å². The van der Waals surface area contributed by atoms with E-state index in [1.165, 1.54) is 0 Å². The van der Waals surface area contributed by atoms with E-state index in [9.17, 15) is 22.8 Å². The highest BCUT2D eigenvalue weighted by Crippen LogP contribution is 2.39. The molecule has 4 atom stereocenters. The topological polar surface area (TPSA) is 165 Å². The van der Waals surface area contributed by atoms with Crippen molar-refractivity contribution in [1.82, 2.24) is 10.4 Å². The van der Waals surface area contributed by atoms with E-state index >= 15 is 0 Å². The Balaban J connectivity index is 1.91. The zero-order valence-corrected chi connectivity index (χ0v) is 14.0. The van der Waals surface area contributed by atoms with Crippen molar-refractivity contribution in [3.63, 3.8) is 0 Å². The number of hydrogen-bond acceptors (Lipinski definition) is 8. The average molecular weight is 379 g/mol. The largest absolute Gasteiger partial charge is 0.477 e. The summed E-state index contributed by atoms with van der Waals surface area (Å²) in [6.07, 6.45) is -0.211. The zero-order valence-electron chi connectivity index (χ0n) is 13.2. The third kappa shape index (κ3) is 3.38. The third-order valence-corrected chi connectivity index (χ3v) is 4.94. The minimum atomic E-state index is -4.93. The van der Waals surface area contributed by atoms with Gasteiger partial charge in [-0.2, -0.15) is 13.3 Å². The Labute approximate surface area is 143 Å². The zero-order chi connectivity index (χ0) is 18.4. The van der Waals surface area contributed by atoms with Gasteiger partial charge in [-0.1, -0.05) is 4.65 Å². The van der Waals surface area contributed by atoms with Crippen molar-refractivity contribution in [3.8, 4) is 0 Å². The first-order valence-corrected chi connectivity index (χ1v) is 9.07. The van der Waals surface area contributed by atoms with Gasteiger partial charge in [-0.25, -0.2) is 4.79 Å². The smallest absolute Gasteiger partial charge is 0.364 e. The van der Waals surface area contributed by atoms with Gasteiger partial charge in [-0.05, 0) is 6.42 Å². The fraction of sp³-hybridized carbons (Fsp3) is 0.750. The Morgan fingerprint density at radius 2 is 2.08 bits per heavy atom. The van der Waals surface area contributed by atoms with Crippen molar-refractivity contribution in [2.24, 2.45) is 5.73 Å². The normalized spacial score (nSPS) is 35.9. The lowest BCUT2D eigenvalue weighted by Gasteiger charge is -2.38. The number of nitrogens with one attached hydrogen (secondary N) is 1. The number of amides is 3. The minimum Gasteiger partial charge on any atom is -0.364 e. The maximum atomic E-state index is 12.8. The van der Waals surface area contributed by atoms with Crippen LogP contribution in [0.2, 0.25) is 0 Å². The fourth-order valence-corrected chi connectivity index (χ4v) is 4.02. The number of nitrogens with two attached hydrogens (primary N) is 1. The molecular formula is C12H19N4O8S+. The second-order valence-electron chi connectivity index (χ2n) is 6.34. The number of hydroxylamine groups is 5. The maximum Gasteiger partial charge on any atom is 0.477 e. The molecule has 3 aliphatic rings. The monoisotopic (exact) mass is 379 g/mol. The highest BCUT2D eigenvalue weighted by molar-refractivity contribution is 7.80. The van der Waals surface area contributed by atoms with Gasteiger partial charge in [0, 0.05) is 19.4 Å². The summed E-state index contributed by atoms with van der Waals surface area (Å²) >= 11 is 0. The fourth-order valence-electron chi connectivity index (χ4n) is 3.63. The molecule has 0 aromatic carbocycles. The average Bonchev–Trinajstić information content (AvgIpc) is 2.67. The summed E-state index contributed by atoms with van der Waals surface area (Å²) in [5, 5.41) is 3.35. The van der Waals surface area contributed by atoms with Gasteiger partial charge in [0.05, 0.1) is 6.54 Å². The van der Waals surface area contributed by atoms with E-state index in [2.05, 4.69) is 9.60 Å². The Bertz CT molecular complexity index is 712. The van der Waals surface area contributed by atoms with E-state index in [-0.39, 0.29) is 44.7 Å². The SMILES string of the molecule is NC(=O)[C@@H]1CC[C@@H]2C[N+]1(OC1CNCC(=O)C1)C(=O)N2OS(=O)(=O)O. The number of fused-ring (bicyclic) bond motifs is 2. The quantitative estimate of drug-likeness (QED) is 0.357. The molecule has 4 N–H and O–H groups in total. The van der Waals surface area contributed by atoms with Crippen LogP contribution in [-0.4, -0.2) is 78.2 Å². The molecule has 2 bridgehead atoms. The van der Waals surface area contributed by atoms with Crippen LogP contribution in [0.1, 0.15) is 19.3 Å². The lowest BCUT2D eigenvalue weighted by atomic mass is 9.99. The molecule has 0 aliphatic carbocycles. The van der Waals surface area contributed by atoms with Crippen LogP contribution < -0.4 is 11.1 Å². The molecule has 25 heavy (non-hydrogen) atoms. The van der Waals surface area contributed by atoms with Gasteiger partial charge in [0.25, 0.3) is 5.91 Å². The molecule has 12 nitrogen and oxygen atoms in total. The number of carbonyl (C=O) groups excluding carboxylic acids is 3. The van der Waals surface area contributed by atoms with Gasteiger partial charge in [0.15, 0.2) is 0 Å². The van der Waals surface area contributed by atoms with Crippen molar-refractivity contribution >= 4 is 28.1 Å². The number of ketones is 1. The van der Waals surface area contributed by atoms with Gasteiger partial charge in [-0.15, -0.1) is 9.35 Å². The molecule has 3 heterocycles. The van der Waals surface area contributed by atoms with E-state index in [0.29, 0.717) is 5.06 Å². The van der Waals surface area contributed by atoms with Crippen LogP contribution in [0.15, 0.2) is 0 Å². The lowest BCUT2D eigenvalue weighted by molar-refractivity contribution is -1.06. The maximum absolute atomic E-state index is 12.8. The van der Waals surface area contributed by atoms with Gasteiger partial charge < -0.3 is 11.1 Å². The van der Waals surface area contributed by atoms with Crippen molar-refractivity contribution in [2.75, 3.05) is 19.6 Å². The van der Waals surface area contributed by atoms with Crippen LogP contribution in [0.5, 0.6) is 0 Å². The van der Waals surface area contributed by atoms with E-state index in [1.54, 1.807) is 0 Å². The van der Waals surface area contributed by atoms with Gasteiger partial charge in [0.2, 0.25) is 6.04 Å². The second-order valence-corrected chi connectivity index (χ2v) is 7.34. The van der Waals surface area contributed by atoms with E-state index in [0.717, 1.165) is 0 Å². The van der Waals surface area contributed by atoms with Crippen LogP contribution in [-0.2, 0) is 29.1 Å². The van der Waals surface area contributed by atoms with Crippen LogP contribution in [0.25, 0.3) is 0 Å². The van der Waals surface area contributed by atoms with E-state index in [4.69, 9.17) is 15.1 Å². The number of Topliss-reactive ketones (excluding diaryl/α,β-unsaturated/α-hetero) is 1. The molecule has 0 spiro atoms. The molecule has 140 valence electrons. The first-order chi connectivity index (χ1) is 11.6. The molecule has 0 saturated carbocycles. The van der Waals surface area contributed by atoms with Crippen LogP contribution >= 0.6 is 0 Å². The van der Waals surface area contributed by atoms with Crippen LogP contribution in [0.3, 0.4) is 0 Å². The molecule has 3 amide bonds. The number of nitrogens with zero attached hydrogens (tertiary/aromatic N) is 2. The van der Waals surface area contributed by atoms with Crippen LogP contribution in [0, 0.1) is 0 Å². The minimum absolute atomic E-state index is 0.0512. The molecule has 3 rings (SSSR count). The molecule has 0 aromatic heterocycles. The Hall–Kier alpha value is -1.64. The van der Waals surface area contributed by atoms with Crippen molar-refractivity contribution in [2.45, 2.75) is 37.5 Å². The molecule has 13 heteroatoms. The molecule has 3 aliphatic heterocycles. The second kappa shape index (κ2) is 6.26. The Kier molecular flexibility index (Phi) is 4.55. The Morgan fingerprint density at radius 3 is 2.68 bits per heavy atom. The molecule has 2 unspecified atom stereocenters. The summed E-state index contributed by atoms with van der Waals surface area (Å²) in [4.78, 5) is 42.1. The highest BCUT2D eigenvalue weighted by Gasteiger charge is 2.66. The summed E-state index contributed by atoms with van der Waals surface area (Å²) in [5.41, 5.74) is 5.41. The van der Waals surface area contributed by atoms with Gasteiger partial charge in [-0.3, -0.25) is 14.1 Å². The number of carbonyl (C=O) groups is 3. The summed E-state index contributed by atoms with van der Waals surface area (Å²) in [5.74, 6) is -0.896. The number of primary amides is 1. The molecule has 0 aromatic rings. The summed E-state index contributed by atoms with van der Waals surface area (Å²) in [6.45, 7) is 0.397. The number of urea groups is 1. The van der Waals surface area contributed by atoms with Crippen molar-refractivity contribution in [3.05, 3.63) is 0 Å². The van der Waals surface area contributed by atoms with E-state index < -0.39 is 45.2 Å². The van der Waals surface area contributed by atoms with Crippen LogP contribution in [0.4, 0.5) is 4.79 Å². The standard InChI is InChI=1S/C12H18N4O8S/c13-11(18)10-2-1-7-6-16(10,12(19)15(7)24-25(20,21)22)23-9-3-8(17)4-14-5-9/h7,9-10,14H,1-6H2,(H2-,13,18,20,21,22)/p+1/t7-,9?,10+,16?/m1/s1. The molecule has 3 saturated heterocycles. The van der Waals surface area contributed by atoms with Crippen molar-refractivity contribution < 1.29 is 41.1 Å². The first-order valence-electron chi connectivity index (χ1n) is 7.71. The van der Waals surface area contributed by atoms with Crippen molar-refractivity contribution in [1.29, 1.82) is 0 Å². The number of piperidine rings is 2. The highest BCUT2D eigenvalue weighted by atomic mass is 32.3. The molecular weight excluding hydrogens is 360 g/mol. The number of quaternary nitrogens is 1. The van der Waals surface area contributed by atoms with Gasteiger partial charge >= 0.3 is 16.4 Å². The summed E-state index contributed by atoms with van der Waals surface area (Å²) in [6, 6.07) is -2.71. The molecule has 0 radical (unpaired) electrons. The molecule has 3 fully saturated rings. The predicted octanol–water partition coefficient (Wildman–Crippen LogP) is -2.15. The third-order valence-electron chi connectivity index (χ3n) is 4.59. The number of hydrogen-bond donors (Lipinski definition) is 3. The Morgan fingerprint density at radius 1 is 1.36 bits per heavy atom. The first kappa shape index (κ1) is 18.2.